The number of hydrogen-bond acceptors (Lipinski definition) is 5. The van der Waals surface area contributed by atoms with Crippen LogP contribution in [0, 0.1) is 6.92 Å². The smallest absolute Gasteiger partial charge is 0.302 e. The third kappa shape index (κ3) is 5.14. The second-order valence-corrected chi connectivity index (χ2v) is 8.62. The highest BCUT2D eigenvalue weighted by atomic mass is 35.5. The van der Waals surface area contributed by atoms with Crippen molar-refractivity contribution in [2.24, 2.45) is 4.40 Å². The highest BCUT2D eigenvalue weighted by Crippen LogP contribution is 2.16. The number of urea groups is 1. The molecule has 0 aromatic heterocycles. The summed E-state index contributed by atoms with van der Waals surface area (Å²) in [5.74, 6) is -0.493. The van der Waals surface area contributed by atoms with Gasteiger partial charge in [-0.2, -0.15) is 8.42 Å². The van der Waals surface area contributed by atoms with Crippen LogP contribution in [0.15, 0.2) is 43.7 Å². The highest BCUT2D eigenvalue weighted by Gasteiger charge is 2.27. The second kappa shape index (κ2) is 7.27. The van der Waals surface area contributed by atoms with Gasteiger partial charge in [-0.15, -0.1) is 14.1 Å². The van der Waals surface area contributed by atoms with Crippen molar-refractivity contribution in [3.8, 4) is 0 Å². The molecule has 25 heavy (non-hydrogen) atoms. The molecule has 4 N–H and O–H groups in total. The van der Waals surface area contributed by atoms with Crippen molar-refractivity contribution in [1.82, 2.24) is 20.3 Å². The number of nitrogens with one attached hydrogen (secondary N) is 4. The van der Waals surface area contributed by atoms with Gasteiger partial charge in [0.25, 0.3) is 10.0 Å². The number of aryl methyl sites for hydroxylation is 1. The number of amidine groups is 1. The summed E-state index contributed by atoms with van der Waals surface area (Å²) >= 11 is 11.0. The lowest BCUT2D eigenvalue weighted by atomic mass is 10.2. The maximum absolute atomic E-state index is 12.0. The van der Waals surface area contributed by atoms with Gasteiger partial charge in [0.1, 0.15) is 10.2 Å². The van der Waals surface area contributed by atoms with E-state index in [2.05, 4.69) is 15.0 Å². The van der Waals surface area contributed by atoms with Crippen LogP contribution in [-0.2, 0) is 20.2 Å². The zero-order chi connectivity index (χ0) is 18.8. The van der Waals surface area contributed by atoms with Gasteiger partial charge in [0, 0.05) is 0 Å². The van der Waals surface area contributed by atoms with Gasteiger partial charge in [-0.05, 0) is 19.1 Å². The average Bonchev–Trinajstić information content (AvgIpc) is 2.86. The number of carbonyl (C=O) groups is 1. The molecule has 1 saturated heterocycles. The molecule has 1 heterocycles. The third-order valence-corrected chi connectivity index (χ3v) is 5.30. The average molecular weight is 428 g/mol. The van der Waals surface area contributed by atoms with Crippen LogP contribution in [0.25, 0.3) is 0 Å². The Morgan fingerprint density at radius 3 is 2.20 bits per heavy atom. The summed E-state index contributed by atoms with van der Waals surface area (Å²) in [5.41, 5.74) is 0.563. The lowest BCUT2D eigenvalue weighted by molar-refractivity contribution is 0.250. The standard InChI is InChI=1S/C11H11Cl2N5O5S2/c1-6-2-4-7(5-3-6)24(20,21)17-18-25(22,23)16-10-8(9(12)13)14-11(19)15-10/h2-5,17-18H,1H3,(H2,14,15,16,19). The molecule has 0 unspecified atom stereocenters. The van der Waals surface area contributed by atoms with E-state index in [1.54, 1.807) is 28.7 Å². The molecule has 10 nitrogen and oxygen atoms in total. The molecular formula is C11H11Cl2N5O5S2. The van der Waals surface area contributed by atoms with Crippen molar-refractivity contribution >= 4 is 55.3 Å². The molecule has 0 atom stereocenters. The third-order valence-electron chi connectivity index (χ3n) is 2.74. The molecule has 1 aliphatic heterocycles. The summed E-state index contributed by atoms with van der Waals surface area (Å²) in [6.07, 6.45) is 0. The largest absolute Gasteiger partial charge is 0.335 e. The number of benzene rings is 1. The Kier molecular flexibility index (Phi) is 5.71. The molecule has 1 aromatic rings. The molecule has 14 heteroatoms. The predicted octanol–water partition coefficient (Wildman–Crippen LogP) is 0.381. The van der Waals surface area contributed by atoms with Crippen molar-refractivity contribution < 1.29 is 21.6 Å². The molecule has 1 fully saturated rings. The van der Waals surface area contributed by atoms with E-state index in [1.165, 1.54) is 12.1 Å². The molecule has 0 bridgehead atoms. The van der Waals surface area contributed by atoms with E-state index in [-0.39, 0.29) is 10.6 Å². The number of rotatable bonds is 5. The number of amides is 2. The topological polar surface area (TPSA) is 146 Å². The molecular weight excluding hydrogens is 417 g/mol. The zero-order valence-electron chi connectivity index (χ0n) is 12.4. The van der Waals surface area contributed by atoms with Crippen molar-refractivity contribution in [2.75, 3.05) is 0 Å². The van der Waals surface area contributed by atoms with Gasteiger partial charge in [0.2, 0.25) is 0 Å². The Bertz CT molecular complexity index is 967. The summed E-state index contributed by atoms with van der Waals surface area (Å²) in [7, 11) is -8.72. The first-order valence-electron chi connectivity index (χ1n) is 6.34. The predicted molar refractivity (Wildman–Crippen MR) is 91.4 cm³/mol. The number of halogens is 2. The first-order chi connectivity index (χ1) is 11.5. The fraction of sp³-hybridized carbons (Fsp3) is 0.0909. The van der Waals surface area contributed by atoms with Gasteiger partial charge >= 0.3 is 16.2 Å². The van der Waals surface area contributed by atoms with Crippen LogP contribution in [0.5, 0.6) is 0 Å². The van der Waals surface area contributed by atoms with Crippen LogP contribution in [0.2, 0.25) is 0 Å². The molecule has 136 valence electrons. The van der Waals surface area contributed by atoms with Gasteiger partial charge in [0.05, 0.1) is 4.90 Å². The Hall–Kier alpha value is -1.70. The van der Waals surface area contributed by atoms with E-state index in [9.17, 15) is 21.6 Å². The SMILES string of the molecule is Cc1ccc(S(=O)(=O)NNS(=O)(=O)/N=C2\NC(=O)NC2=C(Cl)Cl)cc1. The van der Waals surface area contributed by atoms with E-state index < -0.39 is 36.6 Å². The number of sulfonamides is 1. The fourth-order valence-corrected chi connectivity index (χ4v) is 3.77. The molecule has 0 spiro atoms. The van der Waals surface area contributed by atoms with Crippen LogP contribution in [0.1, 0.15) is 5.56 Å². The first-order valence-corrected chi connectivity index (χ1v) is 10.0. The van der Waals surface area contributed by atoms with Crippen LogP contribution >= 0.6 is 23.2 Å². The number of carbonyl (C=O) groups excluding carboxylic acids is 1. The normalized spacial score (nSPS) is 16.7. The fourth-order valence-electron chi connectivity index (χ4n) is 1.61. The lowest BCUT2D eigenvalue weighted by Crippen LogP contribution is -2.41. The van der Waals surface area contributed by atoms with E-state index in [0.717, 1.165) is 5.56 Å². The van der Waals surface area contributed by atoms with Gasteiger partial charge in [0.15, 0.2) is 5.84 Å². The van der Waals surface area contributed by atoms with Gasteiger partial charge in [-0.25, -0.2) is 13.2 Å². The summed E-state index contributed by atoms with van der Waals surface area (Å²) in [6.45, 7) is 1.76. The summed E-state index contributed by atoms with van der Waals surface area (Å²) < 4.78 is 50.6. The Morgan fingerprint density at radius 1 is 1.04 bits per heavy atom. The van der Waals surface area contributed by atoms with Gasteiger partial charge in [-0.3, -0.25) is 5.32 Å². The second-order valence-electron chi connectivity index (χ2n) is 4.65. The van der Waals surface area contributed by atoms with E-state index in [1.807, 2.05) is 0 Å². The maximum atomic E-state index is 12.0. The minimum absolute atomic E-state index is 0.159. The first kappa shape index (κ1) is 19.6. The number of nitrogens with zero attached hydrogens (tertiary/aromatic N) is 1. The molecule has 2 amide bonds. The Labute approximate surface area is 153 Å². The molecule has 0 aliphatic carbocycles. The van der Waals surface area contributed by atoms with Crippen LogP contribution < -0.4 is 20.3 Å². The minimum Gasteiger partial charge on any atom is -0.302 e. The maximum Gasteiger partial charge on any atom is 0.335 e. The Balaban J connectivity index is 2.19. The molecule has 1 aliphatic rings. The van der Waals surface area contributed by atoms with Crippen LogP contribution in [-0.4, -0.2) is 28.7 Å². The van der Waals surface area contributed by atoms with Crippen LogP contribution in [0.4, 0.5) is 4.79 Å². The Morgan fingerprint density at radius 2 is 1.64 bits per heavy atom. The van der Waals surface area contributed by atoms with Gasteiger partial charge < -0.3 is 5.32 Å². The molecule has 0 radical (unpaired) electrons. The molecule has 0 saturated carbocycles. The minimum atomic E-state index is -4.56. The van der Waals surface area contributed by atoms with Crippen LogP contribution in [0.3, 0.4) is 0 Å². The monoisotopic (exact) mass is 427 g/mol. The number of hydrazine groups is 1. The van der Waals surface area contributed by atoms with Crippen molar-refractivity contribution in [1.29, 1.82) is 0 Å². The van der Waals surface area contributed by atoms with E-state index in [4.69, 9.17) is 23.2 Å². The zero-order valence-corrected chi connectivity index (χ0v) is 15.5. The molecule has 2 rings (SSSR count). The summed E-state index contributed by atoms with van der Waals surface area (Å²) in [6, 6.07) is 4.88. The summed E-state index contributed by atoms with van der Waals surface area (Å²) in [5, 5.41) is 4.19. The van der Waals surface area contributed by atoms with E-state index >= 15 is 0 Å². The number of hydrogen-bond donors (Lipinski definition) is 4. The summed E-state index contributed by atoms with van der Waals surface area (Å²) in [4.78, 5) is 14.3. The van der Waals surface area contributed by atoms with Crippen molar-refractivity contribution in [2.45, 2.75) is 11.8 Å². The quantitative estimate of drug-likeness (QED) is 0.501. The van der Waals surface area contributed by atoms with Gasteiger partial charge in [-0.1, -0.05) is 40.9 Å². The van der Waals surface area contributed by atoms with Crippen molar-refractivity contribution in [3.05, 3.63) is 40.0 Å². The molecule has 1 aromatic carbocycles. The van der Waals surface area contributed by atoms with Crippen molar-refractivity contribution in [3.63, 3.8) is 0 Å². The highest BCUT2D eigenvalue weighted by molar-refractivity contribution is 7.92. The van der Waals surface area contributed by atoms with E-state index in [0.29, 0.717) is 0 Å². The lowest BCUT2D eigenvalue weighted by Gasteiger charge is -2.07.